The number of para-hydroxylation sites is 1. The maximum absolute atomic E-state index is 11.7. The largest absolute Gasteiger partial charge is 0.496 e. The number of sulfone groups is 1. The quantitative estimate of drug-likeness (QED) is 0.836. The summed E-state index contributed by atoms with van der Waals surface area (Å²) in [4.78, 5) is 0. The van der Waals surface area contributed by atoms with E-state index in [4.69, 9.17) is 10.5 Å². The number of rotatable bonds is 5. The third-order valence-electron chi connectivity index (χ3n) is 2.08. The average Bonchev–Trinajstić information content (AvgIpc) is 2.15. The number of nitrogens with two attached hydrogens (primary N) is 1. The molecule has 0 heterocycles. The lowest BCUT2D eigenvalue weighted by molar-refractivity contribution is 0.411. The Morgan fingerprint density at radius 3 is 2.56 bits per heavy atom. The normalized spacial score (nSPS) is 13.4. The maximum Gasteiger partial charge on any atom is 0.156 e. The number of hydrogen-bond donors (Lipinski definition) is 1. The van der Waals surface area contributed by atoms with Crippen LogP contribution in [0.3, 0.4) is 0 Å². The second-order valence-electron chi connectivity index (χ2n) is 3.84. The summed E-state index contributed by atoms with van der Waals surface area (Å²) < 4.78 is 28.6. The van der Waals surface area contributed by atoms with Gasteiger partial charge in [-0.05, 0) is 13.0 Å². The lowest BCUT2D eigenvalue weighted by atomic mass is 10.2. The molecule has 0 aliphatic carbocycles. The molecule has 0 bridgehead atoms. The molecule has 0 fully saturated rings. The molecule has 1 rings (SSSR count). The zero-order valence-corrected chi connectivity index (χ0v) is 10.3. The standard InChI is InChI=1S/C11H17NO3S/c1-9(12)7-16(13,14)8-10-5-3-4-6-11(10)15-2/h3-6,9H,7-8,12H2,1-2H3. The molecular formula is C11H17NO3S. The number of ether oxygens (including phenoxy) is 1. The molecule has 0 saturated heterocycles. The summed E-state index contributed by atoms with van der Waals surface area (Å²) in [5, 5.41) is 0. The van der Waals surface area contributed by atoms with Gasteiger partial charge in [-0.25, -0.2) is 8.42 Å². The van der Waals surface area contributed by atoms with Crippen LogP contribution in [0.1, 0.15) is 12.5 Å². The highest BCUT2D eigenvalue weighted by atomic mass is 32.2. The average molecular weight is 243 g/mol. The Balaban J connectivity index is 2.88. The van der Waals surface area contributed by atoms with E-state index in [1.807, 2.05) is 0 Å². The first-order valence-electron chi connectivity index (χ1n) is 5.02. The van der Waals surface area contributed by atoms with E-state index in [-0.39, 0.29) is 17.5 Å². The van der Waals surface area contributed by atoms with Gasteiger partial charge in [-0.1, -0.05) is 18.2 Å². The third kappa shape index (κ3) is 3.83. The van der Waals surface area contributed by atoms with E-state index in [0.29, 0.717) is 11.3 Å². The monoisotopic (exact) mass is 243 g/mol. The Bertz CT molecular complexity index is 440. The van der Waals surface area contributed by atoms with Crippen molar-refractivity contribution >= 4 is 9.84 Å². The first kappa shape index (κ1) is 13.0. The van der Waals surface area contributed by atoms with Crippen LogP contribution in [0.25, 0.3) is 0 Å². The summed E-state index contributed by atoms with van der Waals surface area (Å²) in [7, 11) is -1.65. The van der Waals surface area contributed by atoms with Crippen molar-refractivity contribution in [3.63, 3.8) is 0 Å². The second-order valence-corrected chi connectivity index (χ2v) is 5.95. The smallest absolute Gasteiger partial charge is 0.156 e. The van der Waals surface area contributed by atoms with Crippen LogP contribution in [-0.2, 0) is 15.6 Å². The van der Waals surface area contributed by atoms with E-state index >= 15 is 0 Å². The summed E-state index contributed by atoms with van der Waals surface area (Å²) in [6.07, 6.45) is 0. The molecule has 5 heteroatoms. The highest BCUT2D eigenvalue weighted by Gasteiger charge is 2.16. The fourth-order valence-corrected chi connectivity index (χ4v) is 3.15. The summed E-state index contributed by atoms with van der Waals surface area (Å²) >= 11 is 0. The second kappa shape index (κ2) is 5.32. The maximum atomic E-state index is 11.7. The van der Waals surface area contributed by atoms with E-state index in [0.717, 1.165) is 0 Å². The third-order valence-corrected chi connectivity index (χ3v) is 3.87. The van der Waals surface area contributed by atoms with Crippen LogP contribution >= 0.6 is 0 Å². The van der Waals surface area contributed by atoms with Gasteiger partial charge in [-0.15, -0.1) is 0 Å². The van der Waals surface area contributed by atoms with Gasteiger partial charge in [-0.2, -0.15) is 0 Å². The molecule has 0 aliphatic heterocycles. The summed E-state index contributed by atoms with van der Waals surface area (Å²) in [5.74, 6) is 0.555. The summed E-state index contributed by atoms with van der Waals surface area (Å²) in [6.45, 7) is 1.68. The van der Waals surface area contributed by atoms with E-state index in [9.17, 15) is 8.42 Å². The van der Waals surface area contributed by atoms with E-state index < -0.39 is 9.84 Å². The first-order chi connectivity index (χ1) is 7.44. The Morgan fingerprint density at radius 1 is 1.38 bits per heavy atom. The molecule has 2 N–H and O–H groups in total. The zero-order chi connectivity index (χ0) is 12.2. The van der Waals surface area contributed by atoms with E-state index in [1.54, 1.807) is 31.2 Å². The van der Waals surface area contributed by atoms with Crippen LogP contribution in [0.5, 0.6) is 5.75 Å². The van der Waals surface area contributed by atoms with Crippen LogP contribution in [0.4, 0.5) is 0 Å². The van der Waals surface area contributed by atoms with Crippen molar-refractivity contribution in [1.29, 1.82) is 0 Å². The molecule has 4 nitrogen and oxygen atoms in total. The van der Waals surface area contributed by atoms with Gasteiger partial charge in [0.15, 0.2) is 9.84 Å². The van der Waals surface area contributed by atoms with Crippen LogP contribution < -0.4 is 10.5 Å². The summed E-state index contributed by atoms with van der Waals surface area (Å²) in [6, 6.07) is 6.74. The van der Waals surface area contributed by atoms with E-state index in [1.165, 1.54) is 7.11 Å². The molecule has 1 unspecified atom stereocenters. The Kier molecular flexibility index (Phi) is 4.32. The lowest BCUT2D eigenvalue weighted by Gasteiger charge is -2.10. The minimum atomic E-state index is -3.17. The number of hydrogen-bond acceptors (Lipinski definition) is 4. The number of benzene rings is 1. The minimum Gasteiger partial charge on any atom is -0.496 e. The van der Waals surface area contributed by atoms with Crippen molar-refractivity contribution in [1.82, 2.24) is 0 Å². The molecule has 0 aromatic heterocycles. The van der Waals surface area contributed by atoms with Crippen LogP contribution in [0.2, 0.25) is 0 Å². The molecule has 0 amide bonds. The first-order valence-corrected chi connectivity index (χ1v) is 6.84. The molecule has 1 aromatic rings. The van der Waals surface area contributed by atoms with Crippen molar-refractivity contribution in [3.8, 4) is 5.75 Å². The van der Waals surface area contributed by atoms with Crippen LogP contribution in [0.15, 0.2) is 24.3 Å². The van der Waals surface area contributed by atoms with Crippen LogP contribution in [-0.4, -0.2) is 27.3 Å². The van der Waals surface area contributed by atoms with Crippen molar-refractivity contribution < 1.29 is 13.2 Å². The Labute approximate surface area is 96.3 Å². The van der Waals surface area contributed by atoms with Gasteiger partial charge < -0.3 is 10.5 Å². The van der Waals surface area contributed by atoms with Gasteiger partial charge in [0.2, 0.25) is 0 Å². The molecule has 0 aliphatic rings. The highest BCUT2D eigenvalue weighted by molar-refractivity contribution is 7.90. The van der Waals surface area contributed by atoms with E-state index in [2.05, 4.69) is 0 Å². The Morgan fingerprint density at radius 2 is 2.00 bits per heavy atom. The molecular weight excluding hydrogens is 226 g/mol. The SMILES string of the molecule is COc1ccccc1CS(=O)(=O)CC(C)N. The minimum absolute atomic E-state index is 0.00888. The van der Waals surface area contributed by atoms with Gasteiger partial charge in [0.1, 0.15) is 5.75 Å². The predicted octanol–water partition coefficient (Wildman–Crippen LogP) is 0.957. The molecule has 90 valence electrons. The van der Waals surface area contributed by atoms with Crippen LogP contribution in [0, 0.1) is 0 Å². The van der Waals surface area contributed by atoms with Crippen molar-refractivity contribution in [2.45, 2.75) is 18.7 Å². The topological polar surface area (TPSA) is 69.4 Å². The van der Waals surface area contributed by atoms with Gasteiger partial charge in [0.05, 0.1) is 18.6 Å². The van der Waals surface area contributed by atoms with Crippen molar-refractivity contribution in [2.24, 2.45) is 5.73 Å². The molecule has 1 atom stereocenters. The Hall–Kier alpha value is -1.07. The zero-order valence-electron chi connectivity index (χ0n) is 9.51. The van der Waals surface area contributed by atoms with Gasteiger partial charge in [0.25, 0.3) is 0 Å². The molecule has 0 saturated carbocycles. The fraction of sp³-hybridized carbons (Fsp3) is 0.455. The molecule has 1 aromatic carbocycles. The molecule has 16 heavy (non-hydrogen) atoms. The van der Waals surface area contributed by atoms with Crippen molar-refractivity contribution in [3.05, 3.63) is 29.8 Å². The van der Waals surface area contributed by atoms with Gasteiger partial charge in [0, 0.05) is 11.6 Å². The predicted molar refractivity (Wildman–Crippen MR) is 64.1 cm³/mol. The number of methoxy groups -OCH3 is 1. The molecule has 0 radical (unpaired) electrons. The molecule has 0 spiro atoms. The summed E-state index contributed by atoms with van der Waals surface area (Å²) in [5.41, 5.74) is 6.16. The van der Waals surface area contributed by atoms with Gasteiger partial charge >= 0.3 is 0 Å². The van der Waals surface area contributed by atoms with Gasteiger partial charge in [-0.3, -0.25) is 0 Å². The van der Waals surface area contributed by atoms with Crippen molar-refractivity contribution in [2.75, 3.05) is 12.9 Å². The lowest BCUT2D eigenvalue weighted by Crippen LogP contribution is -2.27. The fourth-order valence-electron chi connectivity index (χ4n) is 1.52. The highest BCUT2D eigenvalue weighted by Crippen LogP contribution is 2.20.